The van der Waals surface area contributed by atoms with Crippen LogP contribution in [0.2, 0.25) is 0 Å². The third-order valence-electron chi connectivity index (χ3n) is 5.64. The quantitative estimate of drug-likeness (QED) is 0.298. The summed E-state index contributed by atoms with van der Waals surface area (Å²) in [6, 6.07) is 21.3. The predicted octanol–water partition coefficient (Wildman–Crippen LogP) is 4.87. The Bertz CT molecular complexity index is 1350. The molecule has 5 rings (SSSR count). The van der Waals surface area contributed by atoms with Crippen LogP contribution in [0.5, 0.6) is 11.5 Å². The summed E-state index contributed by atoms with van der Waals surface area (Å²) >= 11 is 0. The van der Waals surface area contributed by atoms with E-state index in [1.807, 2.05) is 53.3 Å². The third kappa shape index (κ3) is 5.09. The highest BCUT2D eigenvalue weighted by Crippen LogP contribution is 2.35. The molecule has 0 bridgehead atoms. The lowest BCUT2D eigenvalue weighted by molar-refractivity contribution is -0.133. The fourth-order valence-electron chi connectivity index (χ4n) is 3.95. The number of hydrogen-bond donors (Lipinski definition) is 0. The predicted molar refractivity (Wildman–Crippen MR) is 133 cm³/mol. The van der Waals surface area contributed by atoms with Gasteiger partial charge in [-0.3, -0.25) is 9.67 Å². The first-order valence-electron chi connectivity index (χ1n) is 11.4. The molecule has 0 amide bonds. The van der Waals surface area contributed by atoms with Crippen molar-refractivity contribution in [3.05, 3.63) is 95.9 Å². The minimum Gasteiger partial charge on any atom is -0.490 e. The molecule has 0 radical (unpaired) electrons. The van der Waals surface area contributed by atoms with E-state index >= 15 is 0 Å². The summed E-state index contributed by atoms with van der Waals surface area (Å²) < 4.78 is 18.6. The van der Waals surface area contributed by atoms with E-state index in [9.17, 15) is 4.79 Å². The standard InChI is InChI=1S/C28H25N3O4/c1-33-28(32)23(24-10-5-6-13-29-24)16-22-19-31(18-20-8-3-2-4-9-20)30-27(22)21-11-12-25-26(17-21)35-15-7-14-34-25/h2-6,8-13,16-17,19H,7,14-15,18H2,1H3/b23-16+. The highest BCUT2D eigenvalue weighted by Gasteiger charge is 2.19. The van der Waals surface area contributed by atoms with Gasteiger partial charge < -0.3 is 14.2 Å². The Kier molecular flexibility index (Phi) is 6.57. The van der Waals surface area contributed by atoms with Crippen LogP contribution < -0.4 is 9.47 Å². The lowest BCUT2D eigenvalue weighted by Gasteiger charge is -2.09. The summed E-state index contributed by atoms with van der Waals surface area (Å²) in [5.74, 6) is 0.936. The Morgan fingerprint density at radius 2 is 1.83 bits per heavy atom. The van der Waals surface area contributed by atoms with E-state index in [1.54, 1.807) is 24.4 Å². The first-order valence-corrected chi connectivity index (χ1v) is 11.4. The molecule has 0 N–H and O–H groups in total. The molecule has 3 heterocycles. The number of rotatable bonds is 6. The van der Waals surface area contributed by atoms with E-state index in [0.717, 1.165) is 28.9 Å². The van der Waals surface area contributed by atoms with Crippen molar-refractivity contribution in [1.29, 1.82) is 0 Å². The molecule has 2 aromatic heterocycles. The van der Waals surface area contributed by atoms with E-state index in [4.69, 9.17) is 19.3 Å². The van der Waals surface area contributed by atoms with Gasteiger partial charge in [0.15, 0.2) is 11.5 Å². The Labute approximate surface area is 203 Å². The number of methoxy groups -OCH3 is 1. The van der Waals surface area contributed by atoms with E-state index < -0.39 is 5.97 Å². The van der Waals surface area contributed by atoms with E-state index in [2.05, 4.69) is 17.1 Å². The molecule has 0 fully saturated rings. The number of aromatic nitrogens is 3. The van der Waals surface area contributed by atoms with Crippen molar-refractivity contribution >= 4 is 17.6 Å². The Morgan fingerprint density at radius 1 is 1.03 bits per heavy atom. The van der Waals surface area contributed by atoms with Crippen LogP contribution in [-0.2, 0) is 16.1 Å². The van der Waals surface area contributed by atoms with Crippen LogP contribution in [0.25, 0.3) is 22.9 Å². The third-order valence-corrected chi connectivity index (χ3v) is 5.64. The van der Waals surface area contributed by atoms with Crippen LogP contribution in [0, 0.1) is 0 Å². The average Bonchev–Trinajstić information content (AvgIpc) is 3.14. The van der Waals surface area contributed by atoms with Crippen LogP contribution in [-0.4, -0.2) is 41.1 Å². The number of hydrogen-bond acceptors (Lipinski definition) is 6. The molecule has 0 spiro atoms. The number of carbonyl (C=O) groups excluding carboxylic acids is 1. The lowest BCUT2D eigenvalue weighted by atomic mass is 10.0. The summed E-state index contributed by atoms with van der Waals surface area (Å²) in [5, 5.41) is 4.88. The summed E-state index contributed by atoms with van der Waals surface area (Å²) in [4.78, 5) is 17.1. The summed E-state index contributed by atoms with van der Waals surface area (Å²) in [7, 11) is 1.36. The Hall–Kier alpha value is -4.39. The zero-order valence-corrected chi connectivity index (χ0v) is 19.4. The van der Waals surface area contributed by atoms with Crippen LogP contribution >= 0.6 is 0 Å². The Balaban J connectivity index is 1.62. The molecular weight excluding hydrogens is 442 g/mol. The molecule has 0 unspecified atom stereocenters. The zero-order valence-electron chi connectivity index (χ0n) is 19.4. The van der Waals surface area contributed by atoms with Crippen molar-refractivity contribution in [3.63, 3.8) is 0 Å². The molecule has 0 atom stereocenters. The number of fused-ring (bicyclic) bond motifs is 1. The van der Waals surface area contributed by atoms with Crippen LogP contribution in [0.4, 0.5) is 0 Å². The maximum absolute atomic E-state index is 12.7. The molecule has 176 valence electrons. The second kappa shape index (κ2) is 10.3. The summed E-state index contributed by atoms with van der Waals surface area (Å²) in [6.07, 6.45) is 6.18. The molecule has 1 aliphatic rings. The Morgan fingerprint density at radius 3 is 2.60 bits per heavy atom. The maximum atomic E-state index is 12.7. The van der Waals surface area contributed by atoms with Gasteiger partial charge in [-0.05, 0) is 42.0 Å². The molecule has 0 aliphatic carbocycles. The summed E-state index contributed by atoms with van der Waals surface area (Å²) in [6.45, 7) is 1.81. The molecule has 1 aliphatic heterocycles. The van der Waals surface area contributed by atoms with Gasteiger partial charge in [0.25, 0.3) is 0 Å². The van der Waals surface area contributed by atoms with Gasteiger partial charge in [-0.2, -0.15) is 5.10 Å². The van der Waals surface area contributed by atoms with Crippen molar-refractivity contribution in [2.75, 3.05) is 20.3 Å². The van der Waals surface area contributed by atoms with Gasteiger partial charge >= 0.3 is 5.97 Å². The van der Waals surface area contributed by atoms with Gasteiger partial charge in [0.1, 0.15) is 0 Å². The minimum absolute atomic E-state index is 0.350. The van der Waals surface area contributed by atoms with Gasteiger partial charge in [-0.15, -0.1) is 0 Å². The fourth-order valence-corrected chi connectivity index (χ4v) is 3.95. The fraction of sp³-hybridized carbons (Fsp3) is 0.179. The normalized spacial score (nSPS) is 13.2. The molecule has 35 heavy (non-hydrogen) atoms. The topological polar surface area (TPSA) is 75.5 Å². The minimum atomic E-state index is -0.468. The smallest absolute Gasteiger partial charge is 0.340 e. The first-order chi connectivity index (χ1) is 17.2. The molecular formula is C28H25N3O4. The molecule has 7 heteroatoms. The van der Waals surface area contributed by atoms with Gasteiger partial charge in [-0.25, -0.2) is 4.79 Å². The van der Waals surface area contributed by atoms with Gasteiger partial charge in [0, 0.05) is 29.9 Å². The van der Waals surface area contributed by atoms with Crippen LogP contribution in [0.3, 0.4) is 0 Å². The van der Waals surface area contributed by atoms with Crippen molar-refractivity contribution < 1.29 is 19.0 Å². The second-order valence-electron chi connectivity index (χ2n) is 8.09. The van der Waals surface area contributed by atoms with Crippen molar-refractivity contribution in [2.24, 2.45) is 0 Å². The zero-order chi connectivity index (χ0) is 24.0. The van der Waals surface area contributed by atoms with E-state index in [1.165, 1.54) is 7.11 Å². The number of nitrogens with zero attached hydrogens (tertiary/aromatic N) is 3. The van der Waals surface area contributed by atoms with Crippen LogP contribution in [0.15, 0.2) is 79.1 Å². The van der Waals surface area contributed by atoms with Gasteiger partial charge in [0.2, 0.25) is 0 Å². The van der Waals surface area contributed by atoms with Crippen molar-refractivity contribution in [3.8, 4) is 22.8 Å². The largest absolute Gasteiger partial charge is 0.490 e. The van der Waals surface area contributed by atoms with E-state index in [-0.39, 0.29) is 0 Å². The van der Waals surface area contributed by atoms with Gasteiger partial charge in [0.05, 0.1) is 43.8 Å². The monoisotopic (exact) mass is 467 g/mol. The maximum Gasteiger partial charge on any atom is 0.340 e. The highest BCUT2D eigenvalue weighted by atomic mass is 16.5. The van der Waals surface area contributed by atoms with Crippen molar-refractivity contribution in [2.45, 2.75) is 13.0 Å². The number of benzene rings is 2. The number of pyridine rings is 1. The number of ether oxygens (including phenoxy) is 3. The SMILES string of the molecule is COC(=O)/C(=C/c1cn(Cc2ccccc2)nc1-c1ccc2c(c1)OCCCO2)c1ccccn1. The van der Waals surface area contributed by atoms with Gasteiger partial charge in [-0.1, -0.05) is 36.4 Å². The number of esters is 1. The molecule has 7 nitrogen and oxygen atoms in total. The molecule has 2 aromatic carbocycles. The van der Waals surface area contributed by atoms with Crippen LogP contribution in [0.1, 0.15) is 23.2 Å². The average molecular weight is 468 g/mol. The lowest BCUT2D eigenvalue weighted by Crippen LogP contribution is -2.05. The second-order valence-corrected chi connectivity index (χ2v) is 8.09. The summed E-state index contributed by atoms with van der Waals surface area (Å²) in [5.41, 5.74) is 4.34. The first kappa shape index (κ1) is 22.4. The van der Waals surface area contributed by atoms with E-state index in [0.29, 0.717) is 42.5 Å². The highest BCUT2D eigenvalue weighted by molar-refractivity contribution is 6.21. The van der Waals surface area contributed by atoms with Crippen molar-refractivity contribution in [1.82, 2.24) is 14.8 Å². The number of carbonyl (C=O) groups is 1. The molecule has 0 saturated carbocycles. The molecule has 4 aromatic rings. The molecule has 0 saturated heterocycles.